The lowest BCUT2D eigenvalue weighted by molar-refractivity contribution is -0.0529. The third kappa shape index (κ3) is 4.55. The molecule has 0 bridgehead atoms. The van der Waals surface area contributed by atoms with Gasteiger partial charge in [0.25, 0.3) is 5.91 Å². The van der Waals surface area contributed by atoms with Crippen LogP contribution in [-0.2, 0) is 15.4 Å². The molecular weight excluding hydrogens is 479 g/mol. The van der Waals surface area contributed by atoms with E-state index in [1.165, 1.54) is 26.1 Å². The van der Waals surface area contributed by atoms with E-state index in [1.807, 2.05) is 0 Å². The fourth-order valence-electron chi connectivity index (χ4n) is 3.82. The van der Waals surface area contributed by atoms with Gasteiger partial charge >= 0.3 is 6.61 Å². The number of carbonyl (C=O) groups is 1. The van der Waals surface area contributed by atoms with E-state index in [9.17, 15) is 31.5 Å². The first kappa shape index (κ1) is 23.9. The molecule has 2 N–H and O–H groups in total. The Morgan fingerprint density at radius 3 is 2.53 bits per heavy atom. The monoisotopic (exact) mass is 499 g/mol. The maximum atomic E-state index is 14.6. The lowest BCUT2D eigenvalue weighted by Crippen LogP contribution is -2.63. The number of pyridine rings is 2. The highest BCUT2D eigenvalue weighted by molar-refractivity contribution is 7.93. The summed E-state index contributed by atoms with van der Waals surface area (Å²) < 4.78 is 68.0. The number of carbonyl (C=O) groups excluding carboxylic acids is 1. The van der Waals surface area contributed by atoms with E-state index in [4.69, 9.17) is 0 Å². The minimum absolute atomic E-state index is 0.0270. The van der Waals surface area contributed by atoms with Gasteiger partial charge < -0.3 is 15.2 Å². The highest BCUT2D eigenvalue weighted by Crippen LogP contribution is 2.31. The van der Waals surface area contributed by atoms with Crippen LogP contribution < -0.4 is 10.1 Å². The highest BCUT2D eigenvalue weighted by Gasteiger charge is 2.45. The Balaban J connectivity index is 1.79. The van der Waals surface area contributed by atoms with Gasteiger partial charge in [0, 0.05) is 17.6 Å². The molecule has 4 heterocycles. The second kappa shape index (κ2) is 7.91. The van der Waals surface area contributed by atoms with Gasteiger partial charge in [-0.05, 0) is 26.8 Å². The fourth-order valence-corrected chi connectivity index (χ4v) is 5.82. The summed E-state index contributed by atoms with van der Waals surface area (Å²) in [7, 11) is -3.19. The zero-order valence-electron chi connectivity index (χ0n) is 18.2. The SMILES string of the molecule is CC1(NC(=O)c2cnc3c(c2)c(C(C)(C)O)nn3-c2cc(OC(F)F)ncc2F)CS(=O)(=O)C1. The average Bonchev–Trinajstić information content (AvgIpc) is 3.06. The molecule has 0 atom stereocenters. The van der Waals surface area contributed by atoms with E-state index in [0.29, 0.717) is 6.20 Å². The first-order valence-corrected chi connectivity index (χ1v) is 11.7. The number of nitrogens with zero attached hydrogens (tertiary/aromatic N) is 4. The van der Waals surface area contributed by atoms with E-state index in [1.54, 1.807) is 6.92 Å². The van der Waals surface area contributed by atoms with Crippen molar-refractivity contribution in [3.05, 3.63) is 41.6 Å². The number of aromatic nitrogens is 4. The molecule has 0 saturated carbocycles. The molecule has 0 unspecified atom stereocenters. The zero-order valence-corrected chi connectivity index (χ0v) is 19.0. The summed E-state index contributed by atoms with van der Waals surface area (Å²) in [5.74, 6) is -2.46. The molecular formula is C20H20F3N5O5S. The van der Waals surface area contributed by atoms with Crippen molar-refractivity contribution < 1.29 is 36.2 Å². The largest absolute Gasteiger partial charge is 0.417 e. The van der Waals surface area contributed by atoms with Gasteiger partial charge in [-0.2, -0.15) is 13.9 Å². The third-order valence-corrected chi connectivity index (χ3v) is 7.26. The van der Waals surface area contributed by atoms with Gasteiger partial charge in [0.15, 0.2) is 21.3 Å². The topological polar surface area (TPSA) is 136 Å². The second-order valence-corrected chi connectivity index (χ2v) is 10.9. The van der Waals surface area contributed by atoms with Crippen LogP contribution in [0.3, 0.4) is 0 Å². The van der Waals surface area contributed by atoms with Crippen molar-refractivity contribution in [1.29, 1.82) is 0 Å². The van der Waals surface area contributed by atoms with Gasteiger partial charge in [-0.3, -0.25) is 4.79 Å². The number of rotatable bonds is 6. The first-order chi connectivity index (χ1) is 15.7. The molecule has 1 aliphatic heterocycles. The molecule has 1 fully saturated rings. The van der Waals surface area contributed by atoms with Crippen molar-refractivity contribution in [2.24, 2.45) is 0 Å². The van der Waals surface area contributed by atoms with Crippen LogP contribution in [0.25, 0.3) is 16.7 Å². The smallest absolute Gasteiger partial charge is 0.388 e. The predicted octanol–water partition coefficient (Wildman–Crippen LogP) is 1.70. The number of alkyl halides is 2. The minimum Gasteiger partial charge on any atom is -0.417 e. The van der Waals surface area contributed by atoms with Gasteiger partial charge in [-0.1, -0.05) is 0 Å². The van der Waals surface area contributed by atoms with Crippen molar-refractivity contribution in [3.8, 4) is 11.6 Å². The molecule has 1 saturated heterocycles. The average molecular weight is 499 g/mol. The van der Waals surface area contributed by atoms with Crippen LogP contribution >= 0.6 is 0 Å². The number of hydrogen-bond donors (Lipinski definition) is 2. The Morgan fingerprint density at radius 2 is 1.94 bits per heavy atom. The number of halogens is 3. The molecule has 1 aliphatic rings. The molecule has 10 nitrogen and oxygen atoms in total. The second-order valence-electron chi connectivity index (χ2n) is 8.81. The third-order valence-electron chi connectivity index (χ3n) is 5.10. The van der Waals surface area contributed by atoms with Gasteiger partial charge in [-0.15, -0.1) is 0 Å². The zero-order chi connectivity index (χ0) is 25.1. The number of amides is 1. The van der Waals surface area contributed by atoms with Crippen LogP contribution in [0.15, 0.2) is 24.5 Å². The molecule has 0 aromatic carbocycles. The maximum Gasteiger partial charge on any atom is 0.388 e. The molecule has 14 heteroatoms. The normalized spacial score (nSPS) is 16.9. The van der Waals surface area contributed by atoms with Crippen LogP contribution in [0.4, 0.5) is 13.2 Å². The Bertz CT molecular complexity index is 1390. The lowest BCUT2D eigenvalue weighted by atomic mass is 10.0. The summed E-state index contributed by atoms with van der Waals surface area (Å²) in [6.07, 6.45) is 1.86. The van der Waals surface area contributed by atoms with Crippen molar-refractivity contribution in [2.45, 2.75) is 38.5 Å². The fraction of sp³-hybridized carbons (Fsp3) is 0.400. The lowest BCUT2D eigenvalue weighted by Gasteiger charge is -2.38. The van der Waals surface area contributed by atoms with Gasteiger partial charge in [0.2, 0.25) is 5.88 Å². The Hall–Kier alpha value is -3.26. The Kier molecular flexibility index (Phi) is 5.55. The molecule has 0 spiro atoms. The van der Waals surface area contributed by atoms with Crippen LogP contribution in [-0.4, -0.2) is 62.8 Å². The number of aliphatic hydroxyl groups is 1. The number of nitrogens with one attached hydrogen (secondary N) is 1. The summed E-state index contributed by atoms with van der Waals surface area (Å²) >= 11 is 0. The minimum atomic E-state index is -3.19. The van der Waals surface area contributed by atoms with Crippen molar-refractivity contribution in [2.75, 3.05) is 11.5 Å². The first-order valence-electron chi connectivity index (χ1n) is 9.93. The Morgan fingerprint density at radius 1 is 1.26 bits per heavy atom. The van der Waals surface area contributed by atoms with Crippen LogP contribution in [0, 0.1) is 5.82 Å². The summed E-state index contributed by atoms with van der Waals surface area (Å²) in [5, 5.41) is 17.7. The van der Waals surface area contributed by atoms with E-state index >= 15 is 0 Å². The summed E-state index contributed by atoms with van der Waals surface area (Å²) in [6.45, 7) is 1.25. The molecule has 4 rings (SSSR count). The summed E-state index contributed by atoms with van der Waals surface area (Å²) in [5.41, 5.74) is -2.67. The molecule has 0 radical (unpaired) electrons. The van der Waals surface area contributed by atoms with E-state index < -0.39 is 45.2 Å². The number of fused-ring (bicyclic) bond motifs is 1. The number of sulfone groups is 1. The maximum absolute atomic E-state index is 14.6. The number of hydrogen-bond acceptors (Lipinski definition) is 8. The molecule has 182 valence electrons. The van der Waals surface area contributed by atoms with Crippen molar-refractivity contribution >= 4 is 26.8 Å². The molecule has 3 aromatic heterocycles. The van der Waals surface area contributed by atoms with Crippen LogP contribution in [0.1, 0.15) is 36.8 Å². The van der Waals surface area contributed by atoms with Crippen LogP contribution in [0.2, 0.25) is 0 Å². The predicted molar refractivity (Wildman–Crippen MR) is 113 cm³/mol. The molecule has 1 amide bonds. The molecule has 3 aromatic rings. The van der Waals surface area contributed by atoms with Crippen molar-refractivity contribution in [1.82, 2.24) is 25.1 Å². The Labute approximate surface area is 191 Å². The van der Waals surface area contributed by atoms with E-state index in [0.717, 1.165) is 10.7 Å². The molecule has 34 heavy (non-hydrogen) atoms. The highest BCUT2D eigenvalue weighted by atomic mass is 32.2. The van der Waals surface area contributed by atoms with Gasteiger partial charge in [0.1, 0.15) is 17.0 Å². The standard InChI is InChI=1S/C20H20F3N5O5S/c1-19(2,30)15-11-4-10(17(29)26-20(3)8-34(31,32)9-20)6-25-16(11)28(27-15)13-5-14(33-18(22)23)24-7-12(13)21/h4-7,18,30H,8-9H2,1-3H3,(H,26,29). The van der Waals surface area contributed by atoms with Crippen molar-refractivity contribution in [3.63, 3.8) is 0 Å². The number of ether oxygens (including phenoxy) is 1. The summed E-state index contributed by atoms with van der Waals surface area (Å²) in [4.78, 5) is 20.4. The van der Waals surface area contributed by atoms with Crippen LogP contribution in [0.5, 0.6) is 5.88 Å². The van der Waals surface area contributed by atoms with Gasteiger partial charge in [0.05, 0.1) is 28.8 Å². The van der Waals surface area contributed by atoms with Gasteiger partial charge in [-0.25, -0.2) is 27.5 Å². The quantitative estimate of drug-likeness (QED) is 0.523. The molecule has 0 aliphatic carbocycles. The summed E-state index contributed by atoms with van der Waals surface area (Å²) in [6, 6.07) is 2.28. The van der Waals surface area contributed by atoms with E-state index in [2.05, 4.69) is 25.1 Å². The van der Waals surface area contributed by atoms with E-state index in [-0.39, 0.29) is 39.5 Å².